The van der Waals surface area contributed by atoms with Crippen molar-refractivity contribution in [3.8, 4) is 0 Å². The molecule has 6 nitrogen and oxygen atoms in total. The van der Waals surface area contributed by atoms with Gasteiger partial charge >= 0.3 is 17.9 Å². The standard InChI is InChI=1S/C57H98O6/c1-4-7-10-13-16-19-22-25-28-31-34-37-40-43-46-49-55(58)61-52-54(63-57(60)51-48-45-42-39-36-33-30-27-24-21-18-15-12-9-6-3)53-62-56(59)50-47-44-41-38-35-32-29-26-23-20-17-14-11-8-5-2/h7,10,16,19,21,24-26,28-29,34,37,54H,4-6,8-9,11-15,17-18,20,22-23,27,30-33,35-36,38-53H2,1-3H3/b10-7-,19-16-,24-21-,28-25-,29-26-,37-34-/t54-/m1/s1. The molecule has 0 N–H and O–H groups in total. The number of hydrogen-bond acceptors (Lipinski definition) is 6. The lowest BCUT2D eigenvalue weighted by Crippen LogP contribution is -2.30. The van der Waals surface area contributed by atoms with Crippen LogP contribution in [0.5, 0.6) is 0 Å². The van der Waals surface area contributed by atoms with E-state index in [-0.39, 0.29) is 31.1 Å². The molecule has 0 fully saturated rings. The minimum absolute atomic E-state index is 0.0944. The third kappa shape index (κ3) is 49.7. The van der Waals surface area contributed by atoms with Crippen LogP contribution < -0.4 is 0 Å². The summed E-state index contributed by atoms with van der Waals surface area (Å²) in [7, 11) is 0. The molecule has 0 rings (SSSR count). The minimum Gasteiger partial charge on any atom is -0.462 e. The lowest BCUT2D eigenvalue weighted by molar-refractivity contribution is -0.167. The first-order valence-corrected chi connectivity index (χ1v) is 26.4. The Hall–Kier alpha value is -3.15. The predicted molar refractivity (Wildman–Crippen MR) is 270 cm³/mol. The number of unbranched alkanes of at least 4 members (excludes halogenated alkanes) is 24. The zero-order chi connectivity index (χ0) is 45.8. The van der Waals surface area contributed by atoms with E-state index in [1.165, 1.54) is 122 Å². The van der Waals surface area contributed by atoms with E-state index in [9.17, 15) is 14.4 Å². The summed E-state index contributed by atoms with van der Waals surface area (Å²) in [6, 6.07) is 0. The molecule has 0 aromatic carbocycles. The lowest BCUT2D eigenvalue weighted by atomic mass is 10.1. The van der Waals surface area contributed by atoms with Crippen LogP contribution >= 0.6 is 0 Å². The fourth-order valence-corrected chi connectivity index (χ4v) is 7.19. The maximum atomic E-state index is 12.8. The zero-order valence-electron chi connectivity index (χ0n) is 41.3. The van der Waals surface area contributed by atoms with Crippen LogP contribution in [0.25, 0.3) is 0 Å². The molecular formula is C57H98O6. The van der Waals surface area contributed by atoms with Crippen LogP contribution in [0, 0.1) is 0 Å². The first-order chi connectivity index (χ1) is 31.0. The SMILES string of the molecule is CC/C=C\C/C=C\C/C=C\C/C=C\CCCCC(=O)OC[C@H](COC(=O)CCCCCCC/C=C\CCCCCCCC)OC(=O)CCCCCCCCC/C=C\CCCCCC. The summed E-state index contributed by atoms with van der Waals surface area (Å²) < 4.78 is 16.8. The topological polar surface area (TPSA) is 78.9 Å². The van der Waals surface area contributed by atoms with Crippen LogP contribution in [0.4, 0.5) is 0 Å². The molecule has 0 aliphatic heterocycles. The van der Waals surface area contributed by atoms with E-state index < -0.39 is 6.10 Å². The van der Waals surface area contributed by atoms with Gasteiger partial charge in [0.1, 0.15) is 13.2 Å². The van der Waals surface area contributed by atoms with E-state index in [1.54, 1.807) is 0 Å². The molecular weight excluding hydrogens is 781 g/mol. The third-order valence-corrected chi connectivity index (χ3v) is 11.2. The molecule has 0 aromatic heterocycles. The molecule has 0 amide bonds. The Kier molecular flexibility index (Phi) is 48.9. The molecule has 0 unspecified atom stereocenters. The van der Waals surface area contributed by atoms with Gasteiger partial charge in [-0.1, -0.05) is 196 Å². The Balaban J connectivity index is 4.46. The Labute approximate surface area is 389 Å². The van der Waals surface area contributed by atoms with Crippen LogP contribution in [0.1, 0.15) is 252 Å². The highest BCUT2D eigenvalue weighted by Gasteiger charge is 2.19. The average molecular weight is 879 g/mol. The fourth-order valence-electron chi connectivity index (χ4n) is 7.19. The van der Waals surface area contributed by atoms with Gasteiger partial charge < -0.3 is 14.2 Å². The van der Waals surface area contributed by atoms with E-state index in [4.69, 9.17) is 14.2 Å². The van der Waals surface area contributed by atoms with Gasteiger partial charge in [-0.25, -0.2) is 0 Å². The quantitative estimate of drug-likeness (QED) is 0.0262. The van der Waals surface area contributed by atoms with Crippen LogP contribution in [0.3, 0.4) is 0 Å². The summed E-state index contributed by atoms with van der Waals surface area (Å²) in [6.45, 7) is 6.46. The number of ether oxygens (including phenoxy) is 3. The van der Waals surface area contributed by atoms with Gasteiger partial charge in [0.2, 0.25) is 0 Å². The first kappa shape index (κ1) is 59.9. The summed E-state index contributed by atoms with van der Waals surface area (Å²) in [5, 5.41) is 0. The molecule has 0 spiro atoms. The number of esters is 3. The van der Waals surface area contributed by atoms with Crippen molar-refractivity contribution in [3.05, 3.63) is 72.9 Å². The molecule has 6 heteroatoms. The highest BCUT2D eigenvalue weighted by molar-refractivity contribution is 5.71. The zero-order valence-corrected chi connectivity index (χ0v) is 41.3. The molecule has 0 aliphatic carbocycles. The number of hydrogen-bond donors (Lipinski definition) is 0. The second-order valence-electron chi connectivity index (χ2n) is 17.4. The highest BCUT2D eigenvalue weighted by Crippen LogP contribution is 2.14. The van der Waals surface area contributed by atoms with Gasteiger partial charge in [-0.05, 0) is 109 Å². The normalized spacial score (nSPS) is 12.6. The number of carbonyl (C=O) groups is 3. The molecule has 362 valence electrons. The van der Waals surface area contributed by atoms with Crippen molar-refractivity contribution >= 4 is 17.9 Å². The first-order valence-electron chi connectivity index (χ1n) is 26.4. The largest absolute Gasteiger partial charge is 0.462 e. The maximum absolute atomic E-state index is 12.8. The van der Waals surface area contributed by atoms with Crippen molar-refractivity contribution in [2.24, 2.45) is 0 Å². The molecule has 0 heterocycles. The summed E-state index contributed by atoms with van der Waals surface area (Å²) in [5.41, 5.74) is 0. The number of allylic oxidation sites excluding steroid dienone is 12. The van der Waals surface area contributed by atoms with E-state index in [0.29, 0.717) is 19.3 Å². The lowest BCUT2D eigenvalue weighted by Gasteiger charge is -2.18. The fraction of sp³-hybridized carbons (Fsp3) is 0.737. The molecule has 0 aliphatic rings. The van der Waals surface area contributed by atoms with Crippen molar-refractivity contribution in [2.75, 3.05) is 13.2 Å². The van der Waals surface area contributed by atoms with Crippen molar-refractivity contribution in [3.63, 3.8) is 0 Å². The van der Waals surface area contributed by atoms with Gasteiger partial charge in [0.15, 0.2) is 6.10 Å². The van der Waals surface area contributed by atoms with E-state index in [2.05, 4.69) is 93.7 Å². The van der Waals surface area contributed by atoms with Crippen LogP contribution in [-0.2, 0) is 28.6 Å². The van der Waals surface area contributed by atoms with Crippen molar-refractivity contribution in [2.45, 2.75) is 258 Å². The molecule has 63 heavy (non-hydrogen) atoms. The predicted octanol–water partition coefficient (Wildman–Crippen LogP) is 17.4. The average Bonchev–Trinajstić information content (AvgIpc) is 3.28. The number of rotatable bonds is 47. The van der Waals surface area contributed by atoms with Gasteiger partial charge in [0.25, 0.3) is 0 Å². The van der Waals surface area contributed by atoms with Gasteiger partial charge in [0.05, 0.1) is 0 Å². The molecule has 0 saturated carbocycles. The Bertz CT molecular complexity index is 1190. The van der Waals surface area contributed by atoms with E-state index in [0.717, 1.165) is 89.9 Å². The van der Waals surface area contributed by atoms with Crippen molar-refractivity contribution in [1.82, 2.24) is 0 Å². The summed E-state index contributed by atoms with van der Waals surface area (Å²) >= 11 is 0. The molecule has 0 aromatic rings. The van der Waals surface area contributed by atoms with Gasteiger partial charge in [-0.3, -0.25) is 14.4 Å². The molecule has 0 radical (unpaired) electrons. The minimum atomic E-state index is -0.797. The van der Waals surface area contributed by atoms with Gasteiger partial charge in [-0.2, -0.15) is 0 Å². The molecule has 0 bridgehead atoms. The Morgan fingerprint density at radius 2 is 0.619 bits per heavy atom. The Morgan fingerprint density at radius 3 is 1.03 bits per heavy atom. The van der Waals surface area contributed by atoms with Gasteiger partial charge in [0, 0.05) is 19.3 Å². The second kappa shape index (κ2) is 51.5. The summed E-state index contributed by atoms with van der Waals surface area (Å²) in [6.07, 6.45) is 64.5. The molecule has 1 atom stereocenters. The van der Waals surface area contributed by atoms with Crippen molar-refractivity contribution in [1.29, 1.82) is 0 Å². The maximum Gasteiger partial charge on any atom is 0.306 e. The Morgan fingerprint density at radius 1 is 0.333 bits per heavy atom. The summed E-state index contributed by atoms with van der Waals surface area (Å²) in [5.74, 6) is -0.947. The monoisotopic (exact) mass is 879 g/mol. The smallest absolute Gasteiger partial charge is 0.306 e. The summed E-state index contributed by atoms with van der Waals surface area (Å²) in [4.78, 5) is 38.0. The van der Waals surface area contributed by atoms with Crippen LogP contribution in [0.15, 0.2) is 72.9 Å². The van der Waals surface area contributed by atoms with Gasteiger partial charge in [-0.15, -0.1) is 0 Å². The van der Waals surface area contributed by atoms with E-state index >= 15 is 0 Å². The van der Waals surface area contributed by atoms with E-state index in [1.807, 2.05) is 0 Å². The van der Waals surface area contributed by atoms with Crippen LogP contribution in [0.2, 0.25) is 0 Å². The second-order valence-corrected chi connectivity index (χ2v) is 17.4. The third-order valence-electron chi connectivity index (χ3n) is 11.2. The van der Waals surface area contributed by atoms with Crippen LogP contribution in [-0.4, -0.2) is 37.2 Å². The highest BCUT2D eigenvalue weighted by atomic mass is 16.6. The molecule has 0 saturated heterocycles. The van der Waals surface area contributed by atoms with Crippen molar-refractivity contribution < 1.29 is 28.6 Å². The number of carbonyl (C=O) groups excluding carboxylic acids is 3.